The van der Waals surface area contributed by atoms with Crippen LogP contribution in [0.25, 0.3) is 44.3 Å². The molecule has 31 heavy (non-hydrogen) atoms. The van der Waals surface area contributed by atoms with E-state index < -0.39 is 0 Å². The second kappa shape index (κ2) is 7.09. The van der Waals surface area contributed by atoms with E-state index in [0.29, 0.717) is 0 Å². The van der Waals surface area contributed by atoms with Gasteiger partial charge in [0.05, 0.1) is 5.69 Å². The highest BCUT2D eigenvalue weighted by Gasteiger charge is 2.17. The third-order valence-corrected chi connectivity index (χ3v) is 6.79. The van der Waals surface area contributed by atoms with E-state index in [-0.39, 0.29) is 0 Å². The van der Waals surface area contributed by atoms with E-state index in [4.69, 9.17) is 9.40 Å². The van der Waals surface area contributed by atoms with Crippen LogP contribution in [-0.4, -0.2) is 4.98 Å². The second-order valence-corrected chi connectivity index (χ2v) is 8.80. The monoisotopic (exact) mass is 403 g/mol. The number of aryl methyl sites for hydroxylation is 3. The van der Waals surface area contributed by atoms with Crippen molar-refractivity contribution < 1.29 is 4.42 Å². The van der Waals surface area contributed by atoms with Crippen LogP contribution in [-0.2, 0) is 12.8 Å². The van der Waals surface area contributed by atoms with Gasteiger partial charge in [-0.15, -0.1) is 0 Å². The van der Waals surface area contributed by atoms with Gasteiger partial charge in [-0.2, -0.15) is 0 Å². The molecule has 0 fully saturated rings. The third kappa shape index (κ3) is 2.97. The number of nitrogens with zero attached hydrogens (tertiary/aromatic N) is 1. The van der Waals surface area contributed by atoms with Crippen molar-refractivity contribution in [3.63, 3.8) is 0 Å². The summed E-state index contributed by atoms with van der Waals surface area (Å²) in [5.41, 5.74) is 12.2. The van der Waals surface area contributed by atoms with Crippen molar-refractivity contribution >= 4 is 21.9 Å². The molecule has 0 unspecified atom stereocenters. The summed E-state index contributed by atoms with van der Waals surface area (Å²) in [5, 5.41) is 2.33. The smallest absolute Gasteiger partial charge is 0.136 e. The van der Waals surface area contributed by atoms with Gasteiger partial charge < -0.3 is 4.42 Å². The van der Waals surface area contributed by atoms with Crippen LogP contribution in [0, 0.1) is 13.8 Å². The SMILES string of the molecule is Cc1cccc(C)c1-c1ccc2c(c1)oc1ccc(-c3nccc4c3CCCC4)cc12. The van der Waals surface area contributed by atoms with E-state index in [1.807, 2.05) is 6.20 Å². The average Bonchev–Trinajstić information content (AvgIpc) is 3.15. The maximum absolute atomic E-state index is 6.28. The molecule has 0 aliphatic heterocycles. The zero-order valence-corrected chi connectivity index (χ0v) is 18.0. The first kappa shape index (κ1) is 18.4. The number of fused-ring (bicyclic) bond motifs is 4. The maximum Gasteiger partial charge on any atom is 0.136 e. The van der Waals surface area contributed by atoms with Gasteiger partial charge in [-0.1, -0.05) is 24.3 Å². The molecule has 0 radical (unpaired) electrons. The topological polar surface area (TPSA) is 26.0 Å². The fourth-order valence-corrected chi connectivity index (χ4v) is 5.26. The molecule has 2 nitrogen and oxygen atoms in total. The Bertz CT molecular complexity index is 1440. The molecule has 0 bridgehead atoms. The Morgan fingerprint density at radius 3 is 2.42 bits per heavy atom. The van der Waals surface area contributed by atoms with E-state index in [1.165, 1.54) is 58.2 Å². The Morgan fingerprint density at radius 2 is 1.55 bits per heavy atom. The molecule has 6 rings (SSSR count). The maximum atomic E-state index is 6.28. The van der Waals surface area contributed by atoms with Crippen LogP contribution in [0.5, 0.6) is 0 Å². The van der Waals surface area contributed by atoms with Gasteiger partial charge in [0.1, 0.15) is 11.2 Å². The lowest BCUT2D eigenvalue weighted by Gasteiger charge is -2.18. The van der Waals surface area contributed by atoms with Gasteiger partial charge in [0.25, 0.3) is 0 Å². The lowest BCUT2D eigenvalue weighted by Crippen LogP contribution is -2.05. The molecular formula is C29H25NO. The number of hydrogen-bond acceptors (Lipinski definition) is 2. The summed E-state index contributed by atoms with van der Waals surface area (Å²) in [4.78, 5) is 4.78. The van der Waals surface area contributed by atoms with Crippen LogP contribution in [0.4, 0.5) is 0 Å². The van der Waals surface area contributed by atoms with Gasteiger partial charge in [-0.05, 0) is 109 Å². The van der Waals surface area contributed by atoms with Crippen molar-refractivity contribution in [2.45, 2.75) is 39.5 Å². The first-order valence-corrected chi connectivity index (χ1v) is 11.2. The molecule has 2 heterocycles. The van der Waals surface area contributed by atoms with Crippen LogP contribution in [0.2, 0.25) is 0 Å². The lowest BCUT2D eigenvalue weighted by molar-refractivity contribution is 0.669. The zero-order chi connectivity index (χ0) is 20.9. The molecule has 152 valence electrons. The van der Waals surface area contributed by atoms with Crippen molar-refractivity contribution in [3.05, 3.63) is 89.1 Å². The molecule has 0 spiro atoms. The minimum Gasteiger partial charge on any atom is -0.456 e. The van der Waals surface area contributed by atoms with E-state index in [9.17, 15) is 0 Å². The summed E-state index contributed by atoms with van der Waals surface area (Å²) in [6.45, 7) is 4.34. The van der Waals surface area contributed by atoms with Gasteiger partial charge in [0.15, 0.2) is 0 Å². The summed E-state index contributed by atoms with van der Waals surface area (Å²) in [6.07, 6.45) is 6.80. The molecule has 0 saturated heterocycles. The van der Waals surface area contributed by atoms with Crippen molar-refractivity contribution in [1.29, 1.82) is 0 Å². The van der Waals surface area contributed by atoms with Crippen LogP contribution >= 0.6 is 0 Å². The molecule has 2 heteroatoms. The van der Waals surface area contributed by atoms with E-state index >= 15 is 0 Å². The first-order valence-electron chi connectivity index (χ1n) is 11.2. The Kier molecular flexibility index (Phi) is 4.21. The first-order chi connectivity index (χ1) is 15.2. The Morgan fingerprint density at radius 1 is 0.742 bits per heavy atom. The van der Waals surface area contributed by atoms with Crippen LogP contribution in [0.3, 0.4) is 0 Å². The van der Waals surface area contributed by atoms with Gasteiger partial charge in [0.2, 0.25) is 0 Å². The minimum absolute atomic E-state index is 0.933. The summed E-state index contributed by atoms with van der Waals surface area (Å²) in [7, 11) is 0. The Hall–Kier alpha value is -3.39. The van der Waals surface area contributed by atoms with Crippen molar-refractivity contribution in [1.82, 2.24) is 4.98 Å². The van der Waals surface area contributed by atoms with E-state index in [2.05, 4.69) is 74.5 Å². The van der Waals surface area contributed by atoms with Gasteiger partial charge in [-0.25, -0.2) is 0 Å². The third-order valence-electron chi connectivity index (χ3n) is 6.79. The molecule has 1 aliphatic carbocycles. The lowest BCUT2D eigenvalue weighted by atomic mass is 9.89. The number of hydrogen-bond donors (Lipinski definition) is 0. The van der Waals surface area contributed by atoms with Crippen LogP contribution < -0.4 is 0 Å². The molecule has 3 aromatic carbocycles. The number of furan rings is 1. The highest BCUT2D eigenvalue weighted by atomic mass is 16.3. The molecular weight excluding hydrogens is 378 g/mol. The predicted octanol–water partition coefficient (Wildman–Crippen LogP) is 7.81. The highest BCUT2D eigenvalue weighted by Crippen LogP contribution is 2.37. The molecule has 0 atom stereocenters. The average molecular weight is 404 g/mol. The largest absolute Gasteiger partial charge is 0.456 e. The van der Waals surface area contributed by atoms with E-state index in [0.717, 1.165) is 34.1 Å². The van der Waals surface area contributed by atoms with Crippen LogP contribution in [0.1, 0.15) is 35.1 Å². The standard InChI is InChI=1S/C29H25NO/c1-18-6-5-7-19(2)28(18)21-10-12-24-25-16-22(11-13-26(25)31-27(24)17-21)29-23-9-4-3-8-20(23)14-15-30-29/h5-7,10-17H,3-4,8-9H2,1-2H3. The predicted molar refractivity (Wildman–Crippen MR) is 129 cm³/mol. The van der Waals surface area contributed by atoms with Crippen molar-refractivity contribution in [2.24, 2.45) is 0 Å². The zero-order valence-electron chi connectivity index (χ0n) is 18.0. The molecule has 0 amide bonds. The van der Waals surface area contributed by atoms with Crippen molar-refractivity contribution in [2.75, 3.05) is 0 Å². The number of aromatic nitrogens is 1. The minimum atomic E-state index is 0.933. The number of pyridine rings is 1. The van der Waals surface area contributed by atoms with Crippen LogP contribution in [0.15, 0.2) is 71.3 Å². The fourth-order valence-electron chi connectivity index (χ4n) is 5.26. The number of rotatable bonds is 2. The molecule has 1 aliphatic rings. The van der Waals surface area contributed by atoms with Crippen molar-refractivity contribution in [3.8, 4) is 22.4 Å². The summed E-state index contributed by atoms with van der Waals surface area (Å²) in [6, 6.07) is 21.8. The summed E-state index contributed by atoms with van der Waals surface area (Å²) < 4.78 is 6.28. The highest BCUT2D eigenvalue weighted by molar-refractivity contribution is 6.07. The second-order valence-electron chi connectivity index (χ2n) is 8.80. The molecule has 0 N–H and O–H groups in total. The number of benzene rings is 3. The van der Waals surface area contributed by atoms with E-state index in [1.54, 1.807) is 0 Å². The fraction of sp³-hybridized carbons (Fsp3) is 0.207. The Labute approximate surface area is 182 Å². The Balaban J connectivity index is 1.51. The molecule has 2 aromatic heterocycles. The quantitative estimate of drug-likeness (QED) is 0.300. The normalized spacial score (nSPS) is 13.6. The van der Waals surface area contributed by atoms with Gasteiger partial charge in [-0.3, -0.25) is 4.98 Å². The summed E-state index contributed by atoms with van der Waals surface area (Å²) in [5.74, 6) is 0. The summed E-state index contributed by atoms with van der Waals surface area (Å²) >= 11 is 0. The molecule has 5 aromatic rings. The van der Waals surface area contributed by atoms with Gasteiger partial charge in [0, 0.05) is 22.5 Å². The van der Waals surface area contributed by atoms with Gasteiger partial charge >= 0.3 is 0 Å². The molecule has 0 saturated carbocycles.